The van der Waals surface area contributed by atoms with Gasteiger partial charge in [0.2, 0.25) is 16.2 Å². The predicted octanol–water partition coefficient (Wildman–Crippen LogP) is 4.00. The van der Waals surface area contributed by atoms with Crippen LogP contribution in [0.4, 0.5) is 30.2 Å². The number of sulfonamides is 1. The number of rotatable bonds is 8. The van der Waals surface area contributed by atoms with Crippen molar-refractivity contribution in [2.24, 2.45) is 0 Å². The molecule has 39 heavy (non-hydrogen) atoms. The maximum atomic E-state index is 15.5. The summed E-state index contributed by atoms with van der Waals surface area (Å²) in [6.45, 7) is -1.41. The second-order valence-electron chi connectivity index (χ2n) is 9.30. The fraction of sp³-hybridized carbons (Fsp3) is 0.320. The summed E-state index contributed by atoms with van der Waals surface area (Å²) in [5, 5.41) is 6.46. The first-order valence-corrected chi connectivity index (χ1v) is 14.6. The first kappa shape index (κ1) is 27.4. The Hall–Kier alpha value is -3.14. The number of benzene rings is 2. The summed E-state index contributed by atoms with van der Waals surface area (Å²) in [6.07, 6.45) is -1.14. The number of carbonyl (C=O) groups is 1. The molecule has 0 bridgehead atoms. The van der Waals surface area contributed by atoms with Gasteiger partial charge < -0.3 is 10.2 Å². The first-order chi connectivity index (χ1) is 18.5. The summed E-state index contributed by atoms with van der Waals surface area (Å²) in [5.74, 6) is -1.71. The molecule has 2 atom stereocenters. The van der Waals surface area contributed by atoms with Crippen LogP contribution in [0.5, 0.6) is 0 Å². The fourth-order valence-electron chi connectivity index (χ4n) is 4.49. The highest BCUT2D eigenvalue weighted by molar-refractivity contribution is 14.1. The molecule has 2 aromatic carbocycles. The van der Waals surface area contributed by atoms with Crippen molar-refractivity contribution in [3.63, 3.8) is 0 Å². The number of anilines is 3. The Morgan fingerprint density at radius 1 is 1.15 bits per heavy atom. The minimum atomic E-state index is -3.59. The van der Waals surface area contributed by atoms with E-state index in [2.05, 4.69) is 15.1 Å². The van der Waals surface area contributed by atoms with Crippen molar-refractivity contribution in [2.45, 2.75) is 36.8 Å². The van der Waals surface area contributed by atoms with Crippen LogP contribution in [0, 0.1) is 9.39 Å². The summed E-state index contributed by atoms with van der Waals surface area (Å²) in [4.78, 5) is 27.4. The van der Waals surface area contributed by atoms with E-state index in [-0.39, 0.29) is 28.3 Å². The van der Waals surface area contributed by atoms with E-state index >= 15 is 4.39 Å². The predicted molar refractivity (Wildman–Crippen MR) is 149 cm³/mol. The van der Waals surface area contributed by atoms with Gasteiger partial charge in [0.1, 0.15) is 18.2 Å². The average molecular weight is 673 g/mol. The van der Waals surface area contributed by atoms with Crippen molar-refractivity contribution < 1.29 is 26.4 Å². The van der Waals surface area contributed by atoms with E-state index in [1.54, 1.807) is 18.2 Å². The van der Waals surface area contributed by atoms with Gasteiger partial charge in [0.25, 0.3) is 11.5 Å². The third kappa shape index (κ3) is 5.23. The Labute approximate surface area is 235 Å². The highest BCUT2D eigenvalue weighted by Gasteiger charge is 2.44. The van der Waals surface area contributed by atoms with E-state index < -0.39 is 58.0 Å². The largest absolute Gasteiger partial charge is 0.372 e. The van der Waals surface area contributed by atoms with Crippen molar-refractivity contribution in [1.82, 2.24) is 9.78 Å². The topological polar surface area (TPSA) is 113 Å². The molecule has 14 heteroatoms. The molecular weight excluding hydrogens is 650 g/mol. The second-order valence-corrected chi connectivity index (χ2v) is 12.5. The molecule has 3 aromatic rings. The van der Waals surface area contributed by atoms with Crippen molar-refractivity contribution in [2.75, 3.05) is 28.7 Å². The number of hydrogen-bond donors (Lipinski definition) is 2. The van der Waals surface area contributed by atoms with Crippen LogP contribution in [0.2, 0.25) is 0 Å². The zero-order chi connectivity index (χ0) is 28.1. The molecule has 1 aliphatic carbocycles. The zero-order valence-corrected chi connectivity index (χ0v) is 23.5. The number of aryl methyl sites for hydroxylation is 1. The number of alkyl halides is 2. The van der Waals surface area contributed by atoms with Crippen LogP contribution >= 0.6 is 22.6 Å². The zero-order valence-electron chi connectivity index (χ0n) is 20.5. The smallest absolute Gasteiger partial charge is 0.274 e. The number of aromatic nitrogens is 2. The molecule has 1 aromatic heterocycles. The number of amides is 1. The Morgan fingerprint density at radius 2 is 1.90 bits per heavy atom. The molecule has 0 radical (unpaired) electrons. The summed E-state index contributed by atoms with van der Waals surface area (Å²) in [5.41, 5.74) is -0.694. The molecule has 1 aliphatic heterocycles. The lowest BCUT2D eigenvalue weighted by atomic mass is 9.93. The molecule has 0 saturated heterocycles. The number of halogens is 4. The highest BCUT2D eigenvalue weighted by Crippen LogP contribution is 2.41. The van der Waals surface area contributed by atoms with Gasteiger partial charge in [-0.1, -0.05) is 12.1 Å². The molecule has 2 N–H and O–H groups in total. The van der Waals surface area contributed by atoms with Gasteiger partial charge in [-0.25, -0.2) is 26.3 Å². The SMILES string of the molecule is CN1C(=O)C(F)C(Nc2ccc(I)cc2F)c2c1c(-c1cccc(NS(=O)(=O)C3CC3)c1)nn(CCF)c2=O. The van der Waals surface area contributed by atoms with Crippen LogP contribution in [0.15, 0.2) is 47.3 Å². The van der Waals surface area contributed by atoms with Gasteiger partial charge in [-0.05, 0) is 65.8 Å². The van der Waals surface area contributed by atoms with Crippen LogP contribution in [0.3, 0.4) is 0 Å². The lowest BCUT2D eigenvalue weighted by Crippen LogP contribution is -2.49. The van der Waals surface area contributed by atoms with Gasteiger partial charge in [0.05, 0.1) is 34.8 Å². The molecule has 2 heterocycles. The van der Waals surface area contributed by atoms with E-state index in [1.807, 2.05) is 22.6 Å². The summed E-state index contributed by atoms with van der Waals surface area (Å²) in [7, 11) is -2.32. The normalized spacial score (nSPS) is 19.1. The third-order valence-corrected chi connectivity index (χ3v) is 9.11. The fourth-order valence-corrected chi connectivity index (χ4v) is 6.32. The van der Waals surface area contributed by atoms with E-state index in [9.17, 15) is 26.8 Å². The quantitative estimate of drug-likeness (QED) is 0.350. The van der Waals surface area contributed by atoms with Gasteiger partial charge in [-0.2, -0.15) is 5.10 Å². The molecule has 2 aliphatic rings. The Bertz CT molecular complexity index is 1630. The van der Waals surface area contributed by atoms with Crippen LogP contribution < -0.4 is 20.5 Å². The number of hydrogen-bond acceptors (Lipinski definition) is 6. The average Bonchev–Trinajstić information content (AvgIpc) is 3.74. The molecule has 1 saturated carbocycles. The minimum absolute atomic E-state index is 0.0307. The second kappa shape index (κ2) is 10.4. The molecule has 1 fully saturated rings. The maximum Gasteiger partial charge on any atom is 0.274 e. The number of nitrogens with one attached hydrogen (secondary N) is 2. The van der Waals surface area contributed by atoms with Crippen molar-refractivity contribution >= 4 is 55.6 Å². The monoisotopic (exact) mass is 673 g/mol. The summed E-state index contributed by atoms with van der Waals surface area (Å²) in [6, 6.07) is 8.67. The van der Waals surface area contributed by atoms with E-state index in [1.165, 1.54) is 31.3 Å². The number of fused-ring (bicyclic) bond motifs is 1. The Balaban J connectivity index is 1.68. The lowest BCUT2D eigenvalue weighted by Gasteiger charge is -2.35. The van der Waals surface area contributed by atoms with Crippen molar-refractivity contribution in [1.29, 1.82) is 0 Å². The van der Waals surface area contributed by atoms with Gasteiger partial charge in [0.15, 0.2) is 0 Å². The highest BCUT2D eigenvalue weighted by atomic mass is 127. The van der Waals surface area contributed by atoms with Crippen LogP contribution in [-0.4, -0.2) is 49.2 Å². The third-order valence-electron chi connectivity index (χ3n) is 6.57. The van der Waals surface area contributed by atoms with Crippen molar-refractivity contribution in [3.8, 4) is 11.3 Å². The van der Waals surface area contributed by atoms with Gasteiger partial charge in [-0.15, -0.1) is 0 Å². The molecular formula is C25H23F3IN5O4S. The van der Waals surface area contributed by atoms with Gasteiger partial charge >= 0.3 is 0 Å². The summed E-state index contributed by atoms with van der Waals surface area (Å²) < 4.78 is 72.5. The standard InChI is InChI=1S/C25H23F3IN5O4S/c1-33-23-19(22(20(28)25(33)36)30-18-8-5-14(29)12-17(18)27)24(35)34(10-9-26)31-21(23)13-3-2-4-15(11-13)32-39(37,38)16-6-7-16/h2-5,8,11-12,16,20,22,30,32H,6-7,9-10H2,1H3. The van der Waals surface area contributed by atoms with Crippen LogP contribution in [-0.2, 0) is 21.4 Å². The molecule has 5 rings (SSSR count). The number of nitrogens with zero attached hydrogens (tertiary/aromatic N) is 3. The van der Waals surface area contributed by atoms with Gasteiger partial charge in [-0.3, -0.25) is 14.3 Å². The van der Waals surface area contributed by atoms with Crippen LogP contribution in [0.25, 0.3) is 11.3 Å². The molecule has 206 valence electrons. The van der Waals surface area contributed by atoms with E-state index in [4.69, 9.17) is 0 Å². The molecule has 2 unspecified atom stereocenters. The minimum Gasteiger partial charge on any atom is -0.372 e. The van der Waals surface area contributed by atoms with E-state index in [0.29, 0.717) is 22.0 Å². The summed E-state index contributed by atoms with van der Waals surface area (Å²) >= 11 is 1.91. The Morgan fingerprint density at radius 3 is 2.56 bits per heavy atom. The van der Waals surface area contributed by atoms with Crippen molar-refractivity contribution in [3.05, 3.63) is 67.8 Å². The lowest BCUT2D eigenvalue weighted by molar-refractivity contribution is -0.124. The first-order valence-electron chi connectivity index (χ1n) is 12.0. The number of carbonyl (C=O) groups excluding carboxylic acids is 1. The maximum absolute atomic E-state index is 15.5. The molecule has 9 nitrogen and oxygen atoms in total. The molecule has 0 spiro atoms. The van der Waals surface area contributed by atoms with Crippen LogP contribution in [0.1, 0.15) is 24.4 Å². The van der Waals surface area contributed by atoms with E-state index in [0.717, 1.165) is 9.58 Å². The Kier molecular flexibility index (Phi) is 7.35. The van der Waals surface area contributed by atoms with Gasteiger partial charge in [0, 0.05) is 21.9 Å². The molecule has 1 amide bonds.